The van der Waals surface area contributed by atoms with Gasteiger partial charge in [-0.3, -0.25) is 19.5 Å². The van der Waals surface area contributed by atoms with Crippen LogP contribution in [0.2, 0.25) is 5.02 Å². The minimum Gasteiger partial charge on any atom is -0.355 e. The lowest BCUT2D eigenvalue weighted by molar-refractivity contribution is -0.140. The third kappa shape index (κ3) is 3.86. The average Bonchev–Trinajstić information content (AvgIpc) is 3.06. The van der Waals surface area contributed by atoms with E-state index in [1.54, 1.807) is 19.2 Å². The Balaban J connectivity index is 0.00000231. The maximum atomic E-state index is 14.1. The first-order valence-corrected chi connectivity index (χ1v) is 10.8. The number of nitrogens with one attached hydrogen (secondary N) is 2. The molecule has 5 rings (SSSR count). The van der Waals surface area contributed by atoms with Crippen LogP contribution in [0.25, 0.3) is 0 Å². The molecule has 0 spiro atoms. The first kappa shape index (κ1) is 22.5. The predicted molar refractivity (Wildman–Crippen MR) is 127 cm³/mol. The van der Waals surface area contributed by atoms with Crippen LogP contribution in [0.3, 0.4) is 0 Å². The second-order valence-corrected chi connectivity index (χ2v) is 8.96. The highest BCUT2D eigenvalue weighted by Gasteiger charge is 2.59. The minimum atomic E-state index is -0.292. The summed E-state index contributed by atoms with van der Waals surface area (Å²) in [7, 11) is 1.66. The number of likely N-dealkylation sites (tertiary alicyclic amines) is 1. The monoisotopic (exact) mass is 558 g/mol. The van der Waals surface area contributed by atoms with Crippen LogP contribution in [0, 0.1) is 29.5 Å². The van der Waals surface area contributed by atoms with Gasteiger partial charge in [0, 0.05) is 42.7 Å². The summed E-state index contributed by atoms with van der Waals surface area (Å²) in [6.07, 6.45) is 5.89. The highest BCUT2D eigenvalue weighted by molar-refractivity contribution is 14.0. The SMILES string of the molecule is CN=C(NCCN1C(=O)C2C3C=CC(C3)C2C1=O)NC1CC1c1c(F)cccc1Cl.I. The van der Waals surface area contributed by atoms with E-state index in [0.717, 1.165) is 12.8 Å². The number of imide groups is 1. The molecule has 2 bridgehead atoms. The standard InChI is InChI=1S/C22H24ClFN4O2.HI/c1-25-22(27-16-10-13(16)19-14(23)3-2-4-15(19)24)26-7-8-28-20(29)17-11-5-6-12(9-11)18(17)21(28)30;/h2-6,11-13,16-18H,7-10H2,1H3,(H2,25,26,27);1H. The smallest absolute Gasteiger partial charge is 0.233 e. The number of allylic oxidation sites excluding steroid dienone is 2. The second kappa shape index (κ2) is 8.69. The van der Waals surface area contributed by atoms with Crippen LogP contribution in [-0.2, 0) is 9.59 Å². The van der Waals surface area contributed by atoms with Gasteiger partial charge in [-0.2, -0.15) is 0 Å². The molecular weight excluding hydrogens is 534 g/mol. The number of guanidine groups is 1. The lowest BCUT2D eigenvalue weighted by Crippen LogP contribution is -2.44. The van der Waals surface area contributed by atoms with Crippen molar-refractivity contribution in [1.82, 2.24) is 15.5 Å². The van der Waals surface area contributed by atoms with Gasteiger partial charge in [0.15, 0.2) is 5.96 Å². The van der Waals surface area contributed by atoms with Gasteiger partial charge >= 0.3 is 0 Å². The molecule has 6 atom stereocenters. The van der Waals surface area contributed by atoms with E-state index in [0.29, 0.717) is 29.6 Å². The molecule has 6 nitrogen and oxygen atoms in total. The van der Waals surface area contributed by atoms with Gasteiger partial charge in [-0.1, -0.05) is 29.8 Å². The highest BCUT2D eigenvalue weighted by Crippen LogP contribution is 2.52. The molecular formula is C22H25ClFIN4O2. The number of hydrogen-bond donors (Lipinski definition) is 2. The zero-order chi connectivity index (χ0) is 21.0. The molecule has 1 aliphatic heterocycles. The number of aliphatic imine (C=N–C) groups is 1. The normalized spacial score (nSPS) is 32.9. The fourth-order valence-corrected chi connectivity index (χ4v) is 5.68. The molecule has 2 amide bonds. The Labute approximate surface area is 202 Å². The van der Waals surface area contributed by atoms with Gasteiger partial charge in [-0.15, -0.1) is 24.0 Å². The predicted octanol–water partition coefficient (Wildman–Crippen LogP) is 2.93. The number of carbonyl (C=O) groups excluding carboxylic acids is 2. The quantitative estimate of drug-likeness (QED) is 0.192. The molecule has 3 fully saturated rings. The van der Waals surface area contributed by atoms with Gasteiger partial charge in [0.2, 0.25) is 11.8 Å². The van der Waals surface area contributed by atoms with Crippen LogP contribution < -0.4 is 10.6 Å². The molecule has 1 saturated heterocycles. The van der Waals surface area contributed by atoms with Crippen molar-refractivity contribution in [2.24, 2.45) is 28.7 Å². The number of fused-ring (bicyclic) bond motifs is 5. The first-order valence-electron chi connectivity index (χ1n) is 10.4. The van der Waals surface area contributed by atoms with Gasteiger partial charge < -0.3 is 10.6 Å². The zero-order valence-corrected chi connectivity index (χ0v) is 20.1. The van der Waals surface area contributed by atoms with E-state index in [4.69, 9.17) is 11.6 Å². The van der Waals surface area contributed by atoms with E-state index >= 15 is 0 Å². The molecule has 0 aromatic heterocycles. The molecule has 6 unspecified atom stereocenters. The molecule has 4 aliphatic rings. The summed E-state index contributed by atoms with van der Waals surface area (Å²) in [6.45, 7) is 0.731. The van der Waals surface area contributed by atoms with Gasteiger partial charge in [0.1, 0.15) is 5.82 Å². The maximum Gasteiger partial charge on any atom is 0.233 e. The largest absolute Gasteiger partial charge is 0.355 e. The topological polar surface area (TPSA) is 73.8 Å². The summed E-state index contributed by atoms with van der Waals surface area (Å²) < 4.78 is 14.1. The van der Waals surface area contributed by atoms with Crippen LogP contribution >= 0.6 is 35.6 Å². The number of benzene rings is 1. The van der Waals surface area contributed by atoms with Crippen molar-refractivity contribution < 1.29 is 14.0 Å². The molecule has 1 aromatic carbocycles. The fourth-order valence-electron chi connectivity index (χ4n) is 5.38. The van der Waals surface area contributed by atoms with Crippen molar-refractivity contribution in [2.75, 3.05) is 20.1 Å². The molecule has 31 heavy (non-hydrogen) atoms. The molecule has 1 heterocycles. The van der Waals surface area contributed by atoms with Crippen LogP contribution in [0.4, 0.5) is 4.39 Å². The summed E-state index contributed by atoms with van der Waals surface area (Å²) in [5, 5.41) is 6.87. The Morgan fingerprint density at radius 2 is 1.87 bits per heavy atom. The number of nitrogens with zero attached hydrogens (tertiary/aromatic N) is 2. The summed E-state index contributed by atoms with van der Waals surface area (Å²) >= 11 is 6.16. The van der Waals surface area contributed by atoms with Gasteiger partial charge in [0.05, 0.1) is 11.8 Å². The van der Waals surface area contributed by atoms with E-state index in [2.05, 4.69) is 27.8 Å². The Bertz CT molecular complexity index is 921. The third-order valence-corrected chi connectivity index (χ3v) is 7.23. The third-order valence-electron chi connectivity index (χ3n) is 6.90. The number of rotatable bonds is 5. The van der Waals surface area contributed by atoms with Crippen molar-refractivity contribution in [3.8, 4) is 0 Å². The highest BCUT2D eigenvalue weighted by atomic mass is 127. The van der Waals surface area contributed by atoms with E-state index in [-0.39, 0.29) is 77.2 Å². The second-order valence-electron chi connectivity index (χ2n) is 8.56. The van der Waals surface area contributed by atoms with Gasteiger partial charge in [-0.25, -0.2) is 4.39 Å². The van der Waals surface area contributed by atoms with E-state index in [1.807, 2.05) is 0 Å². The minimum absolute atomic E-state index is 0. The fraction of sp³-hybridized carbons (Fsp3) is 0.500. The van der Waals surface area contributed by atoms with Crippen molar-refractivity contribution in [3.63, 3.8) is 0 Å². The Morgan fingerprint density at radius 3 is 2.48 bits per heavy atom. The van der Waals surface area contributed by atoms with Crippen LogP contribution in [0.15, 0.2) is 35.3 Å². The zero-order valence-electron chi connectivity index (χ0n) is 17.1. The summed E-state index contributed by atoms with van der Waals surface area (Å²) in [6, 6.07) is 4.76. The summed E-state index contributed by atoms with van der Waals surface area (Å²) in [4.78, 5) is 31.1. The van der Waals surface area contributed by atoms with E-state index in [1.165, 1.54) is 11.0 Å². The molecule has 9 heteroatoms. The molecule has 0 radical (unpaired) electrons. The van der Waals surface area contributed by atoms with E-state index < -0.39 is 0 Å². The number of amides is 2. The Kier molecular flexibility index (Phi) is 6.31. The van der Waals surface area contributed by atoms with E-state index in [9.17, 15) is 14.0 Å². The van der Waals surface area contributed by atoms with Crippen molar-refractivity contribution in [1.29, 1.82) is 0 Å². The Hall–Kier alpha value is -1.68. The molecule has 166 valence electrons. The average molecular weight is 559 g/mol. The Morgan fingerprint density at radius 1 is 1.19 bits per heavy atom. The molecule has 3 aliphatic carbocycles. The number of halogens is 3. The maximum absolute atomic E-state index is 14.1. The van der Waals surface area contributed by atoms with Crippen molar-refractivity contribution in [3.05, 3.63) is 46.8 Å². The number of carbonyl (C=O) groups is 2. The van der Waals surface area contributed by atoms with Gasteiger partial charge in [-0.05, 0) is 36.8 Å². The number of hydrogen-bond acceptors (Lipinski definition) is 3. The summed E-state index contributed by atoms with van der Waals surface area (Å²) in [5.41, 5.74) is 0.537. The van der Waals surface area contributed by atoms with Crippen LogP contribution in [0.5, 0.6) is 0 Å². The first-order chi connectivity index (χ1) is 14.5. The molecule has 2 N–H and O–H groups in total. The van der Waals surface area contributed by atoms with Crippen LogP contribution in [-0.4, -0.2) is 48.9 Å². The lowest BCUT2D eigenvalue weighted by Gasteiger charge is -2.18. The van der Waals surface area contributed by atoms with Crippen LogP contribution in [0.1, 0.15) is 24.3 Å². The van der Waals surface area contributed by atoms with Gasteiger partial charge in [0.25, 0.3) is 0 Å². The lowest BCUT2D eigenvalue weighted by atomic mass is 9.85. The molecule has 1 aromatic rings. The summed E-state index contributed by atoms with van der Waals surface area (Å²) in [5.74, 6) is 0.315. The van der Waals surface area contributed by atoms with Crippen molar-refractivity contribution >= 4 is 53.4 Å². The molecule has 2 saturated carbocycles. The van der Waals surface area contributed by atoms with Crippen molar-refractivity contribution in [2.45, 2.75) is 24.8 Å².